The number of benzene rings is 6. The molecule has 10 rings (SSSR count). The summed E-state index contributed by atoms with van der Waals surface area (Å²) in [6.07, 6.45) is 4.19. The van der Waals surface area contributed by atoms with E-state index in [0.29, 0.717) is 6.04 Å². The molecule has 3 heterocycles. The average Bonchev–Trinajstić information content (AvgIpc) is 3.76. The molecule has 3 aromatic heterocycles. The first-order chi connectivity index (χ1) is 24.4. The van der Waals surface area contributed by atoms with Gasteiger partial charge in [-0.05, 0) is 96.8 Å². The molecule has 0 fully saturated rings. The molecule has 1 atom stereocenters. The molecule has 0 spiro atoms. The molecule has 1 unspecified atom stereocenters. The first-order valence-corrected chi connectivity index (χ1v) is 18.1. The van der Waals surface area contributed by atoms with Gasteiger partial charge in [0.05, 0.1) is 16.6 Å². The molecule has 3 nitrogen and oxygen atoms in total. The highest BCUT2D eigenvalue weighted by Crippen LogP contribution is 2.43. The van der Waals surface area contributed by atoms with Crippen LogP contribution in [0.4, 0.5) is 0 Å². The van der Waals surface area contributed by atoms with Crippen LogP contribution in [-0.2, 0) is 19.3 Å². The summed E-state index contributed by atoms with van der Waals surface area (Å²) in [5, 5.41) is 6.65. The van der Waals surface area contributed by atoms with Crippen LogP contribution in [0, 0.1) is 5.41 Å². The van der Waals surface area contributed by atoms with Crippen LogP contribution < -0.4 is 0 Å². The Morgan fingerprint density at radius 3 is 1.68 bits per heavy atom. The van der Waals surface area contributed by atoms with Gasteiger partial charge in [0, 0.05) is 61.1 Å². The first kappa shape index (κ1) is 29.4. The molecular weight excluding hydrogens is 607 g/mol. The summed E-state index contributed by atoms with van der Waals surface area (Å²) in [7, 11) is 0. The second-order valence-electron chi connectivity index (χ2n) is 15.5. The quantitative estimate of drug-likeness (QED) is 0.181. The van der Waals surface area contributed by atoms with Gasteiger partial charge in [-0.15, -0.1) is 0 Å². The van der Waals surface area contributed by atoms with Gasteiger partial charge in [0.1, 0.15) is 0 Å². The maximum Gasteiger partial charge on any atom is 0.0541 e. The molecule has 0 amide bonds. The Labute approximate surface area is 293 Å². The maximum atomic E-state index is 2.65. The highest BCUT2D eigenvalue weighted by atomic mass is 15.0. The molecule has 3 heteroatoms. The van der Waals surface area contributed by atoms with Crippen LogP contribution in [0.2, 0.25) is 0 Å². The normalized spacial score (nSPS) is 15.1. The van der Waals surface area contributed by atoms with E-state index in [1.807, 2.05) is 0 Å². The highest BCUT2D eigenvalue weighted by molar-refractivity contribution is 6.10. The number of nitrogens with zero attached hydrogens (tertiary/aromatic N) is 3. The van der Waals surface area contributed by atoms with E-state index in [9.17, 15) is 0 Å². The lowest BCUT2D eigenvalue weighted by Gasteiger charge is -2.27. The van der Waals surface area contributed by atoms with Crippen LogP contribution in [0.5, 0.6) is 0 Å². The molecule has 50 heavy (non-hydrogen) atoms. The van der Waals surface area contributed by atoms with Crippen molar-refractivity contribution in [3.05, 3.63) is 156 Å². The Hall–Kier alpha value is -5.54. The van der Waals surface area contributed by atoms with Crippen LogP contribution in [0.15, 0.2) is 140 Å². The highest BCUT2D eigenvalue weighted by Gasteiger charge is 2.29. The smallest absolute Gasteiger partial charge is 0.0541 e. The van der Waals surface area contributed by atoms with Crippen LogP contribution in [0.1, 0.15) is 50.1 Å². The number of aromatic nitrogens is 3. The zero-order valence-electron chi connectivity index (χ0n) is 29.0. The Morgan fingerprint density at radius 1 is 0.520 bits per heavy atom. The maximum absolute atomic E-state index is 2.65. The minimum atomic E-state index is 0.226. The molecule has 9 aromatic rings. The third kappa shape index (κ3) is 4.49. The fourth-order valence-corrected chi connectivity index (χ4v) is 9.15. The molecule has 0 radical (unpaired) electrons. The molecule has 0 saturated heterocycles. The molecular formula is C47H41N3. The van der Waals surface area contributed by atoms with Gasteiger partial charge in [0.2, 0.25) is 0 Å². The van der Waals surface area contributed by atoms with E-state index in [0.717, 1.165) is 25.7 Å². The lowest BCUT2D eigenvalue weighted by Crippen LogP contribution is -2.19. The topological polar surface area (TPSA) is 14.8 Å². The summed E-state index contributed by atoms with van der Waals surface area (Å²) >= 11 is 0. The molecule has 0 aliphatic heterocycles. The summed E-state index contributed by atoms with van der Waals surface area (Å²) in [5.41, 5.74) is 13.5. The predicted molar refractivity (Wildman–Crippen MR) is 211 cm³/mol. The van der Waals surface area contributed by atoms with E-state index >= 15 is 0 Å². The van der Waals surface area contributed by atoms with Crippen molar-refractivity contribution in [2.75, 3.05) is 0 Å². The molecule has 1 aliphatic carbocycles. The Balaban J connectivity index is 1.21. The second kappa shape index (κ2) is 11.0. The van der Waals surface area contributed by atoms with Gasteiger partial charge in [0.25, 0.3) is 0 Å². The molecule has 0 N–H and O–H groups in total. The lowest BCUT2D eigenvalue weighted by atomic mass is 9.88. The predicted octanol–water partition coefficient (Wildman–Crippen LogP) is 12.2. The zero-order chi connectivity index (χ0) is 33.6. The minimum absolute atomic E-state index is 0.226. The second-order valence-corrected chi connectivity index (χ2v) is 15.5. The van der Waals surface area contributed by atoms with Crippen molar-refractivity contribution >= 4 is 54.5 Å². The van der Waals surface area contributed by atoms with Crippen molar-refractivity contribution in [3.63, 3.8) is 0 Å². The van der Waals surface area contributed by atoms with E-state index in [4.69, 9.17) is 0 Å². The van der Waals surface area contributed by atoms with E-state index in [-0.39, 0.29) is 5.41 Å². The standard InChI is InChI=1S/C47H41N3/c1-47(2,3)30-31-13-12-14-32(27-31)48-45-25-23-33(49-41-19-8-4-15-35(41)36-16-5-9-20-42(36)49)28-39(45)40-29-34(24-26-46(40)48)50-43-21-10-6-17-37(43)38-18-7-11-22-44(38)50/h4-23,25,27-28,34H,24,26,29-30H2,1-3H3. The number of para-hydroxylation sites is 4. The third-order valence-corrected chi connectivity index (χ3v) is 11.0. The monoisotopic (exact) mass is 647 g/mol. The summed E-state index contributed by atoms with van der Waals surface area (Å²) in [6, 6.07) is 52.5. The average molecular weight is 648 g/mol. The lowest BCUT2D eigenvalue weighted by molar-refractivity contribution is 0.411. The molecule has 6 aromatic carbocycles. The fourth-order valence-electron chi connectivity index (χ4n) is 9.15. The van der Waals surface area contributed by atoms with E-state index in [2.05, 4.69) is 174 Å². The van der Waals surface area contributed by atoms with Crippen molar-refractivity contribution in [1.29, 1.82) is 0 Å². The van der Waals surface area contributed by atoms with Gasteiger partial charge in [-0.3, -0.25) is 0 Å². The molecule has 0 bridgehead atoms. The molecule has 244 valence electrons. The number of rotatable bonds is 4. The summed E-state index contributed by atoms with van der Waals surface area (Å²) < 4.78 is 7.71. The van der Waals surface area contributed by atoms with Crippen molar-refractivity contribution < 1.29 is 0 Å². The van der Waals surface area contributed by atoms with E-state index < -0.39 is 0 Å². The van der Waals surface area contributed by atoms with Gasteiger partial charge >= 0.3 is 0 Å². The summed E-state index contributed by atoms with van der Waals surface area (Å²) in [4.78, 5) is 0. The molecule has 1 aliphatic rings. The Morgan fingerprint density at radius 2 is 1.06 bits per heavy atom. The zero-order valence-corrected chi connectivity index (χ0v) is 29.0. The van der Waals surface area contributed by atoms with Crippen LogP contribution in [0.3, 0.4) is 0 Å². The Kier molecular flexibility index (Phi) is 6.45. The van der Waals surface area contributed by atoms with Gasteiger partial charge in [-0.25, -0.2) is 0 Å². The Bertz CT molecular complexity index is 2650. The van der Waals surface area contributed by atoms with Crippen molar-refractivity contribution in [3.8, 4) is 11.4 Å². The number of hydrogen-bond donors (Lipinski definition) is 0. The minimum Gasteiger partial charge on any atom is -0.337 e. The van der Waals surface area contributed by atoms with Gasteiger partial charge in [0.15, 0.2) is 0 Å². The van der Waals surface area contributed by atoms with Crippen LogP contribution >= 0.6 is 0 Å². The van der Waals surface area contributed by atoms with E-state index in [1.54, 1.807) is 0 Å². The fraction of sp³-hybridized carbons (Fsp3) is 0.191. The SMILES string of the molecule is CC(C)(C)Cc1cccc(-n2c3c(c4cc(-n5c6ccccc6c6ccccc65)ccc42)CC(n2c4ccccc4c4ccccc42)CC3)c1. The van der Waals surface area contributed by atoms with Crippen LogP contribution in [-0.4, -0.2) is 13.7 Å². The van der Waals surface area contributed by atoms with Crippen LogP contribution in [0.25, 0.3) is 65.9 Å². The van der Waals surface area contributed by atoms with E-state index in [1.165, 1.54) is 82.7 Å². The number of fused-ring (bicyclic) bond motifs is 9. The van der Waals surface area contributed by atoms with Gasteiger partial charge < -0.3 is 13.7 Å². The number of hydrogen-bond acceptors (Lipinski definition) is 0. The van der Waals surface area contributed by atoms with Crippen molar-refractivity contribution in [1.82, 2.24) is 13.7 Å². The van der Waals surface area contributed by atoms with Gasteiger partial charge in [-0.1, -0.05) is 106 Å². The largest absolute Gasteiger partial charge is 0.337 e. The van der Waals surface area contributed by atoms with Crippen molar-refractivity contribution in [2.24, 2.45) is 5.41 Å². The first-order valence-electron chi connectivity index (χ1n) is 18.1. The van der Waals surface area contributed by atoms with Crippen molar-refractivity contribution in [2.45, 2.75) is 52.5 Å². The third-order valence-electron chi connectivity index (χ3n) is 11.0. The summed E-state index contributed by atoms with van der Waals surface area (Å²) in [5.74, 6) is 0. The van der Waals surface area contributed by atoms with Gasteiger partial charge in [-0.2, -0.15) is 0 Å². The summed E-state index contributed by atoms with van der Waals surface area (Å²) in [6.45, 7) is 6.99. The molecule has 0 saturated carbocycles.